The molecule has 6 nitrogen and oxygen atoms in total. The zero-order valence-corrected chi connectivity index (χ0v) is 39.3. The van der Waals surface area contributed by atoms with Crippen molar-refractivity contribution < 1.29 is 0 Å². The van der Waals surface area contributed by atoms with Gasteiger partial charge in [0, 0.05) is 89.8 Å². The van der Waals surface area contributed by atoms with Crippen molar-refractivity contribution in [2.75, 3.05) is 20.4 Å². The molecule has 0 saturated carbocycles. The molecule has 13 rings (SSSR count). The number of para-hydroxylation sites is 6. The van der Waals surface area contributed by atoms with Crippen LogP contribution in [0.5, 0.6) is 0 Å². The largest absolute Gasteiger partial charge is 0.356 e. The van der Waals surface area contributed by atoms with Crippen molar-refractivity contribution in [2.24, 2.45) is 0 Å². The van der Waals surface area contributed by atoms with E-state index in [0.717, 1.165) is 68.2 Å². The fourth-order valence-corrected chi connectivity index (χ4v) is 10.3. The van der Waals surface area contributed by atoms with E-state index in [1.807, 2.05) is 0 Å². The molecule has 0 saturated heterocycles. The maximum Gasteiger partial charge on any atom is 0.0541 e. The SMILES string of the molecule is c1ccc(N(c2ccc(Nc3ccc(Nc4ccc(N(c5ccccc5)c5ccc(-n6c7ccccc7c7ccccc76)cc5)cc4)cc3)cc2)c2ccc(-n3c4ccccc4c4ccccc43)cc2)cc1. The molecule has 11 aromatic carbocycles. The third-order valence-corrected chi connectivity index (χ3v) is 13.6. The van der Waals surface area contributed by atoms with Crippen LogP contribution in [0.1, 0.15) is 0 Å². The van der Waals surface area contributed by atoms with Crippen LogP contribution in [0.25, 0.3) is 55.0 Å². The van der Waals surface area contributed by atoms with Gasteiger partial charge in [-0.3, -0.25) is 0 Å². The van der Waals surface area contributed by atoms with Gasteiger partial charge in [0.2, 0.25) is 0 Å². The van der Waals surface area contributed by atoms with E-state index in [-0.39, 0.29) is 0 Å². The highest BCUT2D eigenvalue weighted by atomic mass is 15.1. The zero-order chi connectivity index (χ0) is 47.8. The number of nitrogens with zero attached hydrogens (tertiary/aromatic N) is 4. The first kappa shape index (κ1) is 42.3. The van der Waals surface area contributed by atoms with Crippen molar-refractivity contribution in [2.45, 2.75) is 0 Å². The molecular weight excluding hydrogens is 877 g/mol. The average Bonchev–Trinajstić information content (AvgIpc) is 3.97. The molecular formula is C66H48N6. The number of fused-ring (bicyclic) bond motifs is 6. The highest BCUT2D eigenvalue weighted by Gasteiger charge is 2.17. The van der Waals surface area contributed by atoms with Crippen molar-refractivity contribution in [3.8, 4) is 11.4 Å². The van der Waals surface area contributed by atoms with E-state index in [0.29, 0.717) is 0 Å². The summed E-state index contributed by atoms with van der Waals surface area (Å²) >= 11 is 0. The van der Waals surface area contributed by atoms with Crippen LogP contribution in [0.15, 0.2) is 279 Å². The summed E-state index contributed by atoms with van der Waals surface area (Å²) in [5.41, 5.74) is 17.6. The van der Waals surface area contributed by atoms with Gasteiger partial charge in [0.15, 0.2) is 0 Å². The first-order valence-corrected chi connectivity index (χ1v) is 24.4. The minimum absolute atomic E-state index is 1.01. The lowest BCUT2D eigenvalue weighted by Crippen LogP contribution is -2.10. The normalized spacial score (nSPS) is 11.3. The minimum Gasteiger partial charge on any atom is -0.356 e. The summed E-state index contributed by atoms with van der Waals surface area (Å²) in [5.74, 6) is 0. The topological polar surface area (TPSA) is 40.4 Å². The lowest BCUT2D eigenvalue weighted by molar-refractivity contribution is 1.17. The molecule has 0 unspecified atom stereocenters. The second-order valence-electron chi connectivity index (χ2n) is 18.0. The number of rotatable bonds is 12. The van der Waals surface area contributed by atoms with Gasteiger partial charge in [-0.25, -0.2) is 0 Å². The number of anilines is 10. The van der Waals surface area contributed by atoms with Crippen molar-refractivity contribution >= 4 is 100 Å². The van der Waals surface area contributed by atoms with Crippen molar-refractivity contribution in [1.29, 1.82) is 0 Å². The molecule has 6 heteroatoms. The van der Waals surface area contributed by atoms with Crippen LogP contribution in [0.3, 0.4) is 0 Å². The molecule has 0 aliphatic carbocycles. The van der Waals surface area contributed by atoms with Crippen LogP contribution in [-0.4, -0.2) is 9.13 Å². The van der Waals surface area contributed by atoms with E-state index in [9.17, 15) is 0 Å². The molecule has 0 aliphatic rings. The number of benzene rings is 11. The third kappa shape index (κ3) is 7.83. The predicted octanol–water partition coefficient (Wildman–Crippen LogP) is 18.3. The zero-order valence-electron chi connectivity index (χ0n) is 39.3. The number of aromatic nitrogens is 2. The average molecular weight is 925 g/mol. The van der Waals surface area contributed by atoms with Gasteiger partial charge in [-0.1, -0.05) is 109 Å². The molecule has 0 aliphatic heterocycles. The Morgan fingerprint density at radius 3 is 0.722 bits per heavy atom. The van der Waals surface area contributed by atoms with Crippen LogP contribution >= 0.6 is 0 Å². The highest BCUT2D eigenvalue weighted by Crippen LogP contribution is 2.40. The fourth-order valence-electron chi connectivity index (χ4n) is 10.3. The Kier molecular flexibility index (Phi) is 10.7. The number of hydrogen-bond acceptors (Lipinski definition) is 4. The van der Waals surface area contributed by atoms with Gasteiger partial charge in [0.25, 0.3) is 0 Å². The summed E-state index contributed by atoms with van der Waals surface area (Å²) in [6.07, 6.45) is 0. The van der Waals surface area contributed by atoms with Gasteiger partial charge < -0.3 is 29.6 Å². The van der Waals surface area contributed by atoms with E-state index < -0.39 is 0 Å². The summed E-state index contributed by atoms with van der Waals surface area (Å²) < 4.78 is 4.72. The second-order valence-corrected chi connectivity index (χ2v) is 18.0. The highest BCUT2D eigenvalue weighted by molar-refractivity contribution is 6.10. The summed E-state index contributed by atoms with van der Waals surface area (Å²) in [7, 11) is 0. The molecule has 0 fully saturated rings. The van der Waals surface area contributed by atoms with Gasteiger partial charge in [0.05, 0.1) is 22.1 Å². The third-order valence-electron chi connectivity index (χ3n) is 13.6. The number of hydrogen-bond donors (Lipinski definition) is 2. The van der Waals surface area contributed by atoms with Gasteiger partial charge in [0.1, 0.15) is 0 Å². The van der Waals surface area contributed by atoms with Gasteiger partial charge in [-0.15, -0.1) is 0 Å². The Labute approximate surface area is 418 Å². The van der Waals surface area contributed by atoms with Crippen LogP contribution < -0.4 is 20.4 Å². The Bertz CT molecular complexity index is 3620. The number of nitrogens with one attached hydrogen (secondary N) is 2. The second kappa shape index (κ2) is 18.3. The first-order valence-electron chi connectivity index (χ1n) is 24.4. The molecule has 0 bridgehead atoms. The Morgan fingerprint density at radius 2 is 0.431 bits per heavy atom. The Morgan fingerprint density at radius 1 is 0.208 bits per heavy atom. The molecule has 0 radical (unpaired) electrons. The molecule has 13 aromatic rings. The van der Waals surface area contributed by atoms with E-state index in [2.05, 4.69) is 309 Å². The van der Waals surface area contributed by atoms with E-state index in [4.69, 9.17) is 0 Å². The Hall–Kier alpha value is -9.78. The fraction of sp³-hybridized carbons (Fsp3) is 0. The molecule has 0 amide bonds. The quantitative estimate of drug-likeness (QED) is 0.128. The maximum absolute atomic E-state index is 3.61. The van der Waals surface area contributed by atoms with Gasteiger partial charge in [-0.05, 0) is 170 Å². The molecule has 72 heavy (non-hydrogen) atoms. The van der Waals surface area contributed by atoms with Crippen LogP contribution in [0, 0.1) is 0 Å². The van der Waals surface area contributed by atoms with Crippen LogP contribution in [0.2, 0.25) is 0 Å². The lowest BCUT2D eigenvalue weighted by atomic mass is 10.1. The summed E-state index contributed by atoms with van der Waals surface area (Å²) in [4.78, 5) is 4.60. The first-order chi connectivity index (χ1) is 35.7. The van der Waals surface area contributed by atoms with Crippen LogP contribution in [0.4, 0.5) is 56.9 Å². The van der Waals surface area contributed by atoms with Gasteiger partial charge >= 0.3 is 0 Å². The van der Waals surface area contributed by atoms with Crippen molar-refractivity contribution in [3.05, 3.63) is 279 Å². The predicted molar refractivity (Wildman–Crippen MR) is 304 cm³/mol. The van der Waals surface area contributed by atoms with E-state index in [1.54, 1.807) is 0 Å². The van der Waals surface area contributed by atoms with Crippen molar-refractivity contribution in [1.82, 2.24) is 9.13 Å². The lowest BCUT2D eigenvalue weighted by Gasteiger charge is -2.26. The van der Waals surface area contributed by atoms with Gasteiger partial charge in [-0.2, -0.15) is 0 Å². The molecule has 2 aromatic heterocycles. The van der Waals surface area contributed by atoms with E-state index >= 15 is 0 Å². The molecule has 0 atom stereocenters. The maximum atomic E-state index is 3.61. The Balaban J connectivity index is 0.707. The molecule has 0 spiro atoms. The molecule has 2 heterocycles. The smallest absolute Gasteiger partial charge is 0.0541 e. The standard InChI is InChI=1S/C66H48N6/c1-3-15-51(16-4-1)69(55-39-43-57(44-40-55)71-63-23-11-7-19-59(63)60-20-8-12-24-64(60)71)53-35-31-49(32-36-53)67-47-27-29-48(30-28-47)68-50-33-37-54(38-34-50)70(52-17-5-2-6-18-52)56-41-45-58(46-42-56)72-65-25-13-9-21-61(65)62-22-10-14-26-66(62)72/h1-46,67-68H. The van der Waals surface area contributed by atoms with E-state index in [1.165, 1.54) is 43.6 Å². The molecule has 2 N–H and O–H groups in total. The van der Waals surface area contributed by atoms with Crippen LogP contribution in [-0.2, 0) is 0 Å². The summed E-state index contributed by atoms with van der Waals surface area (Å²) in [6, 6.07) is 99.2. The summed E-state index contributed by atoms with van der Waals surface area (Å²) in [6.45, 7) is 0. The monoisotopic (exact) mass is 924 g/mol. The van der Waals surface area contributed by atoms with Crippen molar-refractivity contribution in [3.63, 3.8) is 0 Å². The minimum atomic E-state index is 1.01. The summed E-state index contributed by atoms with van der Waals surface area (Å²) in [5, 5.41) is 12.3. The molecule has 342 valence electrons.